The minimum Gasteiger partial charge on any atom is -0.351 e. The quantitative estimate of drug-likeness (QED) is 0.674. The fourth-order valence-corrected chi connectivity index (χ4v) is 2.71. The Morgan fingerprint density at radius 1 is 1.19 bits per heavy atom. The van der Waals surface area contributed by atoms with E-state index in [0.717, 1.165) is 35.8 Å². The van der Waals surface area contributed by atoms with Crippen LogP contribution in [0.4, 0.5) is 0 Å². The molecule has 1 heterocycles. The third-order valence-corrected chi connectivity index (χ3v) is 3.90. The van der Waals surface area contributed by atoms with Gasteiger partial charge in [0.05, 0.1) is 22.5 Å². The minimum absolute atomic E-state index is 0.0362. The van der Waals surface area contributed by atoms with Crippen molar-refractivity contribution in [2.75, 3.05) is 20.3 Å². The lowest BCUT2D eigenvalue weighted by atomic mass is 10.1. The first-order valence-electron chi connectivity index (χ1n) is 7.77. The van der Waals surface area contributed by atoms with Crippen molar-refractivity contribution in [1.82, 2.24) is 15.1 Å². The Kier molecular flexibility index (Phi) is 8.26. The molecule has 0 radical (unpaired) electrons. The summed E-state index contributed by atoms with van der Waals surface area (Å²) in [5, 5.41) is 8.61. The first-order chi connectivity index (χ1) is 10.1. The summed E-state index contributed by atoms with van der Waals surface area (Å²) in [6, 6.07) is 0.0362. The van der Waals surface area contributed by atoms with Crippen molar-refractivity contribution < 1.29 is 9.47 Å². The van der Waals surface area contributed by atoms with Gasteiger partial charge in [-0.05, 0) is 34.2 Å². The summed E-state index contributed by atoms with van der Waals surface area (Å²) >= 11 is 6.48. The first kappa shape index (κ1) is 18.4. The van der Waals surface area contributed by atoms with Gasteiger partial charge in [0.15, 0.2) is 6.29 Å². The number of halogens is 1. The number of hydrogen-bond donors (Lipinski definition) is 1. The maximum Gasteiger partial charge on any atom is 0.173 e. The highest BCUT2D eigenvalue weighted by Gasteiger charge is 2.25. The number of nitrogens with one attached hydrogen (secondary N) is 1. The van der Waals surface area contributed by atoms with Crippen LogP contribution in [0.2, 0.25) is 5.02 Å². The molecule has 0 saturated heterocycles. The number of aryl methyl sites for hydroxylation is 2. The van der Waals surface area contributed by atoms with E-state index in [0.29, 0.717) is 13.2 Å². The molecule has 0 bridgehead atoms. The Labute approximate surface area is 132 Å². The third-order valence-electron chi connectivity index (χ3n) is 3.47. The largest absolute Gasteiger partial charge is 0.351 e. The molecule has 5 nitrogen and oxygen atoms in total. The lowest BCUT2D eigenvalue weighted by Crippen LogP contribution is -2.43. The van der Waals surface area contributed by atoms with E-state index in [1.165, 1.54) is 0 Å². The van der Waals surface area contributed by atoms with Gasteiger partial charge in [-0.3, -0.25) is 4.68 Å². The molecule has 122 valence electrons. The normalized spacial score (nSPS) is 13.1. The number of nitrogens with zero attached hydrogens (tertiary/aromatic N) is 2. The zero-order chi connectivity index (χ0) is 15.8. The van der Waals surface area contributed by atoms with Crippen LogP contribution in [0.1, 0.15) is 39.1 Å². The van der Waals surface area contributed by atoms with E-state index in [9.17, 15) is 0 Å². The van der Waals surface area contributed by atoms with Gasteiger partial charge in [0.2, 0.25) is 0 Å². The lowest BCUT2D eigenvalue weighted by molar-refractivity contribution is -0.153. The van der Waals surface area contributed by atoms with Gasteiger partial charge >= 0.3 is 0 Å². The van der Waals surface area contributed by atoms with Crippen molar-refractivity contribution in [2.45, 2.75) is 59.4 Å². The lowest BCUT2D eigenvalue weighted by Gasteiger charge is -2.26. The zero-order valence-electron chi connectivity index (χ0n) is 13.8. The van der Waals surface area contributed by atoms with Gasteiger partial charge in [-0.15, -0.1) is 0 Å². The molecular formula is C15H28ClN3O2. The number of ether oxygens (including phenoxy) is 2. The maximum atomic E-state index is 6.48. The predicted molar refractivity (Wildman–Crippen MR) is 85.9 cm³/mol. The van der Waals surface area contributed by atoms with Gasteiger partial charge in [-0.2, -0.15) is 5.10 Å². The summed E-state index contributed by atoms with van der Waals surface area (Å²) < 4.78 is 13.4. The molecule has 0 spiro atoms. The van der Waals surface area contributed by atoms with E-state index in [-0.39, 0.29) is 12.3 Å². The van der Waals surface area contributed by atoms with Crippen molar-refractivity contribution in [3.05, 3.63) is 16.4 Å². The monoisotopic (exact) mass is 317 g/mol. The number of aromatic nitrogens is 2. The van der Waals surface area contributed by atoms with Gasteiger partial charge in [0, 0.05) is 26.2 Å². The summed E-state index contributed by atoms with van der Waals surface area (Å²) in [5.41, 5.74) is 1.99. The van der Waals surface area contributed by atoms with Crippen LogP contribution in [-0.4, -0.2) is 42.4 Å². The van der Waals surface area contributed by atoms with Gasteiger partial charge in [0.1, 0.15) is 0 Å². The minimum atomic E-state index is -0.286. The molecule has 1 N–H and O–H groups in total. The molecule has 0 aliphatic rings. The smallest absolute Gasteiger partial charge is 0.173 e. The highest BCUT2D eigenvalue weighted by Crippen LogP contribution is 2.24. The molecule has 0 aliphatic carbocycles. The topological polar surface area (TPSA) is 48.3 Å². The van der Waals surface area contributed by atoms with Crippen molar-refractivity contribution >= 4 is 11.6 Å². The van der Waals surface area contributed by atoms with Crippen molar-refractivity contribution in [1.29, 1.82) is 0 Å². The second-order valence-corrected chi connectivity index (χ2v) is 5.13. The van der Waals surface area contributed by atoms with Crippen molar-refractivity contribution in [2.24, 2.45) is 0 Å². The van der Waals surface area contributed by atoms with Crippen molar-refractivity contribution in [3.8, 4) is 0 Å². The second-order valence-electron chi connectivity index (χ2n) is 4.76. The zero-order valence-corrected chi connectivity index (χ0v) is 14.5. The Balaban J connectivity index is 2.96. The second kappa shape index (κ2) is 9.41. The van der Waals surface area contributed by atoms with Crippen LogP contribution in [0.25, 0.3) is 0 Å². The summed E-state index contributed by atoms with van der Waals surface area (Å²) in [7, 11) is 1.91. The van der Waals surface area contributed by atoms with Gasteiger partial charge < -0.3 is 14.8 Å². The Hall–Kier alpha value is -0.620. The highest BCUT2D eigenvalue weighted by atomic mass is 35.5. The van der Waals surface area contributed by atoms with Crippen LogP contribution in [0.5, 0.6) is 0 Å². The maximum absolute atomic E-state index is 6.48. The molecule has 1 rings (SSSR count). The van der Waals surface area contributed by atoms with Gasteiger partial charge in [-0.25, -0.2) is 0 Å². The fraction of sp³-hybridized carbons (Fsp3) is 0.800. The average molecular weight is 318 g/mol. The Morgan fingerprint density at radius 2 is 1.81 bits per heavy atom. The molecule has 0 saturated carbocycles. The number of rotatable bonds is 10. The first-order valence-corrected chi connectivity index (χ1v) is 8.14. The summed E-state index contributed by atoms with van der Waals surface area (Å²) in [6.07, 6.45) is 1.27. The van der Waals surface area contributed by atoms with Crippen molar-refractivity contribution in [3.63, 3.8) is 0 Å². The van der Waals surface area contributed by atoms with E-state index in [1.54, 1.807) is 0 Å². The fourth-order valence-electron chi connectivity index (χ4n) is 2.36. The van der Waals surface area contributed by atoms with E-state index in [2.05, 4.69) is 24.3 Å². The Bertz CT molecular complexity index is 417. The van der Waals surface area contributed by atoms with Crippen LogP contribution in [-0.2, 0) is 28.9 Å². The highest BCUT2D eigenvalue weighted by molar-refractivity contribution is 6.31. The third kappa shape index (κ3) is 4.68. The van der Waals surface area contributed by atoms with Gasteiger partial charge in [0.25, 0.3) is 0 Å². The van der Waals surface area contributed by atoms with Crippen LogP contribution >= 0.6 is 11.6 Å². The summed E-state index contributed by atoms with van der Waals surface area (Å²) in [4.78, 5) is 0. The van der Waals surface area contributed by atoms with E-state index >= 15 is 0 Å². The molecule has 0 aliphatic heterocycles. The molecule has 1 aromatic rings. The van der Waals surface area contributed by atoms with Crippen LogP contribution in [0.3, 0.4) is 0 Å². The number of hydrogen-bond acceptors (Lipinski definition) is 4. The molecule has 0 aromatic carbocycles. The summed E-state index contributed by atoms with van der Waals surface area (Å²) in [6.45, 7) is 10.1. The SMILES string of the molecule is CCOC(OCC)C(Cc1c(Cl)c(CC)nn1CC)NC. The summed E-state index contributed by atoms with van der Waals surface area (Å²) in [5.74, 6) is 0. The molecule has 1 aromatic heterocycles. The van der Waals surface area contributed by atoms with E-state index in [4.69, 9.17) is 21.1 Å². The molecule has 1 atom stereocenters. The van der Waals surface area contributed by atoms with Crippen LogP contribution < -0.4 is 5.32 Å². The molecule has 1 unspecified atom stereocenters. The van der Waals surface area contributed by atoms with Crippen LogP contribution in [0.15, 0.2) is 0 Å². The molecule has 0 amide bonds. The predicted octanol–water partition coefficient (Wildman–Crippen LogP) is 2.65. The van der Waals surface area contributed by atoms with Gasteiger partial charge in [-0.1, -0.05) is 18.5 Å². The number of likely N-dealkylation sites (N-methyl/N-ethyl adjacent to an activating group) is 1. The average Bonchev–Trinajstić information content (AvgIpc) is 2.80. The van der Waals surface area contributed by atoms with Crippen LogP contribution in [0, 0.1) is 0 Å². The van der Waals surface area contributed by atoms with E-state index in [1.807, 2.05) is 25.6 Å². The molecular weight excluding hydrogens is 290 g/mol. The molecule has 0 fully saturated rings. The van der Waals surface area contributed by atoms with E-state index < -0.39 is 0 Å². The Morgan fingerprint density at radius 3 is 2.24 bits per heavy atom. The standard InChI is InChI=1S/C15H28ClN3O2/c1-6-11-14(16)13(19(7-2)18-11)10-12(17-5)15(20-8-3)21-9-4/h12,15,17H,6-10H2,1-5H3. The molecule has 21 heavy (non-hydrogen) atoms. The molecule has 6 heteroatoms.